The van der Waals surface area contributed by atoms with Gasteiger partial charge in [0.15, 0.2) is 0 Å². The molecule has 0 aromatic rings. The summed E-state index contributed by atoms with van der Waals surface area (Å²) in [6.45, 7) is 4.50. The highest BCUT2D eigenvalue weighted by Crippen LogP contribution is 2.23. The molecule has 1 aliphatic heterocycles. The molecule has 0 saturated carbocycles. The molecule has 0 aliphatic carbocycles. The molecule has 1 N–H and O–H groups in total. The van der Waals surface area contributed by atoms with Crippen LogP contribution in [0.15, 0.2) is 0 Å². The maximum Gasteiger partial charge on any atom is 0.323 e. The summed E-state index contributed by atoms with van der Waals surface area (Å²) >= 11 is 0. The standard InChI is InChI=1S/C13H20N2O3/c1-4-6-14(9-12(16)17)13(18)15-7-5-10(2)8-11(15)3/h1,10-11H,5-9H2,2-3H3,(H,16,17). The van der Waals surface area contributed by atoms with Gasteiger partial charge in [0.25, 0.3) is 0 Å². The SMILES string of the molecule is C#CCN(CC(=O)O)C(=O)N1CCC(C)CC1C. The van der Waals surface area contributed by atoms with Gasteiger partial charge < -0.3 is 14.9 Å². The van der Waals surface area contributed by atoms with Gasteiger partial charge >= 0.3 is 12.0 Å². The van der Waals surface area contributed by atoms with Crippen molar-refractivity contribution in [3.8, 4) is 12.3 Å². The van der Waals surface area contributed by atoms with Crippen LogP contribution in [0.3, 0.4) is 0 Å². The van der Waals surface area contributed by atoms with Gasteiger partial charge in [0, 0.05) is 12.6 Å². The maximum absolute atomic E-state index is 12.2. The summed E-state index contributed by atoms with van der Waals surface area (Å²) in [7, 11) is 0. The van der Waals surface area contributed by atoms with Crippen LogP contribution in [0.5, 0.6) is 0 Å². The van der Waals surface area contributed by atoms with Gasteiger partial charge in [0.2, 0.25) is 0 Å². The number of carbonyl (C=O) groups excluding carboxylic acids is 1. The van der Waals surface area contributed by atoms with Crippen LogP contribution < -0.4 is 0 Å². The second-order valence-electron chi connectivity index (χ2n) is 4.91. The normalized spacial score (nSPS) is 23.3. The first-order valence-electron chi connectivity index (χ1n) is 6.16. The lowest BCUT2D eigenvalue weighted by Crippen LogP contribution is -2.51. The van der Waals surface area contributed by atoms with Gasteiger partial charge in [-0.2, -0.15) is 0 Å². The highest BCUT2D eigenvalue weighted by Gasteiger charge is 2.30. The summed E-state index contributed by atoms with van der Waals surface area (Å²) in [6.07, 6.45) is 7.07. The first-order chi connectivity index (χ1) is 8.45. The molecule has 5 nitrogen and oxygen atoms in total. The minimum absolute atomic E-state index is 0.0317. The second kappa shape index (κ2) is 6.29. The number of carbonyl (C=O) groups is 2. The Labute approximate surface area is 108 Å². The van der Waals surface area contributed by atoms with E-state index >= 15 is 0 Å². The quantitative estimate of drug-likeness (QED) is 0.769. The Morgan fingerprint density at radius 3 is 2.67 bits per heavy atom. The van der Waals surface area contributed by atoms with Gasteiger partial charge in [-0.05, 0) is 25.7 Å². The minimum atomic E-state index is -1.04. The monoisotopic (exact) mass is 252 g/mol. The summed E-state index contributed by atoms with van der Waals surface area (Å²) in [5, 5.41) is 8.78. The molecule has 5 heteroatoms. The van der Waals surface area contributed by atoms with E-state index in [1.165, 1.54) is 4.90 Å². The van der Waals surface area contributed by atoms with Crippen LogP contribution in [0, 0.1) is 18.3 Å². The number of piperidine rings is 1. The van der Waals surface area contributed by atoms with Crippen molar-refractivity contribution in [1.29, 1.82) is 0 Å². The van der Waals surface area contributed by atoms with E-state index in [9.17, 15) is 9.59 Å². The summed E-state index contributed by atoms with van der Waals surface area (Å²) in [4.78, 5) is 25.9. The number of amides is 2. The lowest BCUT2D eigenvalue weighted by molar-refractivity contribution is -0.137. The number of rotatable bonds is 3. The van der Waals surface area contributed by atoms with Gasteiger partial charge in [0.1, 0.15) is 6.54 Å². The minimum Gasteiger partial charge on any atom is -0.480 e. The molecule has 1 rings (SSSR count). The fraction of sp³-hybridized carbons (Fsp3) is 0.692. The molecule has 100 valence electrons. The van der Waals surface area contributed by atoms with Crippen molar-refractivity contribution in [2.45, 2.75) is 32.7 Å². The molecule has 0 spiro atoms. The summed E-state index contributed by atoms with van der Waals surface area (Å²) in [5.74, 6) is 1.89. The number of terminal acetylenes is 1. The van der Waals surface area contributed by atoms with Crippen molar-refractivity contribution >= 4 is 12.0 Å². The van der Waals surface area contributed by atoms with Crippen molar-refractivity contribution in [2.75, 3.05) is 19.6 Å². The van der Waals surface area contributed by atoms with Gasteiger partial charge in [0.05, 0.1) is 6.54 Å². The highest BCUT2D eigenvalue weighted by molar-refractivity contribution is 5.80. The van der Waals surface area contributed by atoms with E-state index in [-0.39, 0.29) is 25.2 Å². The van der Waals surface area contributed by atoms with Gasteiger partial charge in [-0.15, -0.1) is 6.42 Å². The molecule has 1 saturated heterocycles. The second-order valence-corrected chi connectivity index (χ2v) is 4.91. The van der Waals surface area contributed by atoms with Crippen LogP contribution in [-0.2, 0) is 4.79 Å². The van der Waals surface area contributed by atoms with Crippen LogP contribution in [-0.4, -0.2) is 52.6 Å². The Hall–Kier alpha value is -1.70. The lowest BCUT2D eigenvalue weighted by Gasteiger charge is -2.38. The third kappa shape index (κ3) is 3.66. The zero-order chi connectivity index (χ0) is 13.7. The average molecular weight is 252 g/mol. The van der Waals surface area contributed by atoms with E-state index in [4.69, 9.17) is 11.5 Å². The molecule has 0 aromatic heterocycles. The number of carboxylic acids is 1. The lowest BCUT2D eigenvalue weighted by atomic mass is 9.94. The third-order valence-corrected chi connectivity index (χ3v) is 3.26. The topological polar surface area (TPSA) is 60.9 Å². The van der Waals surface area contributed by atoms with Gasteiger partial charge in [-0.1, -0.05) is 12.8 Å². The number of hydrogen-bond donors (Lipinski definition) is 1. The fourth-order valence-corrected chi connectivity index (χ4v) is 2.34. The van der Waals surface area contributed by atoms with Gasteiger partial charge in [-0.25, -0.2) is 4.79 Å². The zero-order valence-corrected chi connectivity index (χ0v) is 10.9. The predicted molar refractivity (Wildman–Crippen MR) is 68.0 cm³/mol. The van der Waals surface area contributed by atoms with Crippen molar-refractivity contribution in [3.05, 3.63) is 0 Å². The highest BCUT2D eigenvalue weighted by atomic mass is 16.4. The van der Waals surface area contributed by atoms with Crippen molar-refractivity contribution in [2.24, 2.45) is 5.92 Å². The summed E-state index contributed by atoms with van der Waals surface area (Å²) in [5.41, 5.74) is 0. The molecule has 1 heterocycles. The smallest absolute Gasteiger partial charge is 0.323 e. The molecule has 1 fully saturated rings. The van der Waals surface area contributed by atoms with E-state index < -0.39 is 5.97 Å². The Balaban J connectivity index is 2.70. The Bertz CT molecular complexity index is 362. The van der Waals surface area contributed by atoms with E-state index in [1.54, 1.807) is 4.90 Å². The summed E-state index contributed by atoms with van der Waals surface area (Å²) < 4.78 is 0. The number of carboxylic acid groups (broad SMARTS) is 1. The molecule has 0 aromatic carbocycles. The van der Waals surface area contributed by atoms with E-state index in [1.807, 2.05) is 6.92 Å². The molecule has 0 radical (unpaired) electrons. The van der Waals surface area contributed by atoms with Crippen LogP contribution in [0.4, 0.5) is 4.79 Å². The van der Waals surface area contributed by atoms with Crippen LogP contribution in [0.1, 0.15) is 26.7 Å². The molecule has 2 unspecified atom stereocenters. The van der Waals surface area contributed by atoms with Crippen molar-refractivity contribution < 1.29 is 14.7 Å². The van der Waals surface area contributed by atoms with Crippen molar-refractivity contribution in [3.63, 3.8) is 0 Å². The van der Waals surface area contributed by atoms with Crippen LogP contribution in [0.25, 0.3) is 0 Å². The number of aliphatic carboxylic acids is 1. The Kier molecular flexibility index (Phi) is 5.02. The van der Waals surface area contributed by atoms with E-state index in [2.05, 4.69) is 12.8 Å². The van der Waals surface area contributed by atoms with Gasteiger partial charge in [-0.3, -0.25) is 4.79 Å². The Morgan fingerprint density at radius 1 is 1.50 bits per heavy atom. The number of hydrogen-bond acceptors (Lipinski definition) is 2. The molecular weight excluding hydrogens is 232 g/mol. The molecule has 2 amide bonds. The summed E-state index contributed by atoms with van der Waals surface area (Å²) in [6, 6.07) is -0.134. The molecule has 0 bridgehead atoms. The average Bonchev–Trinajstić information content (AvgIpc) is 2.27. The largest absolute Gasteiger partial charge is 0.480 e. The molecule has 2 atom stereocenters. The fourth-order valence-electron chi connectivity index (χ4n) is 2.34. The Morgan fingerprint density at radius 2 is 2.17 bits per heavy atom. The first kappa shape index (κ1) is 14.4. The van der Waals surface area contributed by atoms with E-state index in [0.717, 1.165) is 12.8 Å². The number of nitrogens with zero attached hydrogens (tertiary/aromatic N) is 2. The van der Waals surface area contributed by atoms with E-state index in [0.29, 0.717) is 12.5 Å². The van der Waals surface area contributed by atoms with Crippen molar-refractivity contribution in [1.82, 2.24) is 9.80 Å². The zero-order valence-electron chi connectivity index (χ0n) is 10.9. The number of urea groups is 1. The van der Waals surface area contributed by atoms with Crippen LogP contribution in [0.2, 0.25) is 0 Å². The maximum atomic E-state index is 12.2. The molecule has 18 heavy (non-hydrogen) atoms. The molecule has 1 aliphatic rings. The number of likely N-dealkylation sites (tertiary alicyclic amines) is 1. The van der Waals surface area contributed by atoms with Crippen LogP contribution >= 0.6 is 0 Å². The third-order valence-electron chi connectivity index (χ3n) is 3.26. The predicted octanol–water partition coefficient (Wildman–Crippen LogP) is 1.25. The molecular formula is C13H20N2O3. The first-order valence-corrected chi connectivity index (χ1v) is 6.16.